The van der Waals surface area contributed by atoms with Crippen molar-refractivity contribution in [3.05, 3.63) is 33.8 Å². The number of guanidine groups is 1. The van der Waals surface area contributed by atoms with Crippen LogP contribution in [0.15, 0.2) is 23.2 Å². The van der Waals surface area contributed by atoms with Crippen LogP contribution in [0.25, 0.3) is 0 Å². The predicted molar refractivity (Wildman–Crippen MR) is 101 cm³/mol. The molecule has 0 aromatic heterocycles. The van der Waals surface area contributed by atoms with E-state index in [1.807, 2.05) is 19.1 Å². The first kappa shape index (κ1) is 19.3. The Hall–Kier alpha value is -1.01. The fraction of sp³-hybridized carbons (Fsp3) is 0.588. The normalized spacial score (nSPS) is 19.3. The molecule has 0 amide bonds. The van der Waals surface area contributed by atoms with Crippen LogP contribution >= 0.6 is 23.2 Å². The third-order valence-electron chi connectivity index (χ3n) is 4.71. The second kappa shape index (κ2) is 8.39. The average Bonchev–Trinajstić information content (AvgIpc) is 2.53. The van der Waals surface area contributed by atoms with Crippen molar-refractivity contribution in [2.24, 2.45) is 10.7 Å². The molecule has 1 heterocycles. The lowest BCUT2D eigenvalue weighted by atomic mass is 9.89. The Bertz CT molecular complexity index is 586. The number of hydrogen-bond acceptors (Lipinski definition) is 3. The molecule has 0 saturated carbocycles. The number of nitrogens with zero attached hydrogens (tertiary/aromatic N) is 2. The molecule has 0 radical (unpaired) electrons. The van der Waals surface area contributed by atoms with E-state index in [2.05, 4.69) is 29.3 Å². The van der Waals surface area contributed by atoms with Gasteiger partial charge in [-0.3, -0.25) is 4.99 Å². The Balaban J connectivity index is 2.02. The zero-order valence-corrected chi connectivity index (χ0v) is 16.0. The number of rotatable bonds is 5. The highest BCUT2D eigenvalue weighted by atomic mass is 35.5. The lowest BCUT2D eigenvalue weighted by molar-refractivity contribution is -0.00253. The van der Waals surface area contributed by atoms with E-state index >= 15 is 0 Å². The number of nitrogens with one attached hydrogen (secondary N) is 1. The number of nitrogens with two attached hydrogens (primary N) is 1. The standard InChI is InChI=1S/C17H26Cl2N4O/c1-12(14-5-4-13(18)10-15(14)19)22-16(20)21-11-17(23(2)3)6-8-24-9-7-17/h4-5,10,12H,6-9,11H2,1-3H3,(H3,20,21,22). The van der Waals surface area contributed by atoms with Gasteiger partial charge in [-0.05, 0) is 51.6 Å². The maximum absolute atomic E-state index is 6.24. The third-order valence-corrected chi connectivity index (χ3v) is 5.27. The molecule has 2 rings (SSSR count). The van der Waals surface area contributed by atoms with E-state index in [4.69, 9.17) is 33.7 Å². The molecular weight excluding hydrogens is 347 g/mol. The Morgan fingerprint density at radius 1 is 1.38 bits per heavy atom. The molecule has 1 fully saturated rings. The largest absolute Gasteiger partial charge is 0.381 e. The molecule has 1 aromatic carbocycles. The van der Waals surface area contributed by atoms with Gasteiger partial charge in [0.25, 0.3) is 0 Å². The Labute approximate surface area is 154 Å². The van der Waals surface area contributed by atoms with Crippen LogP contribution in [-0.2, 0) is 4.74 Å². The summed E-state index contributed by atoms with van der Waals surface area (Å²) in [6.07, 6.45) is 1.91. The van der Waals surface area contributed by atoms with Crippen LogP contribution in [0, 0.1) is 0 Å². The molecule has 7 heteroatoms. The van der Waals surface area contributed by atoms with Gasteiger partial charge >= 0.3 is 0 Å². The summed E-state index contributed by atoms with van der Waals surface area (Å²) in [7, 11) is 4.17. The van der Waals surface area contributed by atoms with Gasteiger partial charge in [-0.15, -0.1) is 0 Å². The maximum Gasteiger partial charge on any atom is 0.189 e. The van der Waals surface area contributed by atoms with Gasteiger partial charge in [0.1, 0.15) is 0 Å². The first-order valence-electron chi connectivity index (χ1n) is 8.11. The number of halogens is 2. The van der Waals surface area contributed by atoms with E-state index < -0.39 is 0 Å². The van der Waals surface area contributed by atoms with Crippen LogP contribution in [-0.4, -0.2) is 50.3 Å². The van der Waals surface area contributed by atoms with Gasteiger partial charge in [-0.2, -0.15) is 0 Å². The van der Waals surface area contributed by atoms with E-state index in [0.29, 0.717) is 22.5 Å². The van der Waals surface area contributed by atoms with Crippen LogP contribution < -0.4 is 11.1 Å². The topological polar surface area (TPSA) is 62.9 Å². The maximum atomic E-state index is 6.24. The van der Waals surface area contributed by atoms with Gasteiger partial charge in [0.05, 0.1) is 12.6 Å². The van der Waals surface area contributed by atoms with Gasteiger partial charge in [0.15, 0.2) is 5.96 Å². The zero-order chi connectivity index (χ0) is 17.7. The summed E-state index contributed by atoms with van der Waals surface area (Å²) in [6.45, 7) is 4.16. The molecule has 1 aliphatic heterocycles. The average molecular weight is 373 g/mol. The zero-order valence-electron chi connectivity index (χ0n) is 14.5. The van der Waals surface area contributed by atoms with Crippen LogP contribution in [0.5, 0.6) is 0 Å². The minimum atomic E-state index is -0.0523. The van der Waals surface area contributed by atoms with E-state index in [-0.39, 0.29) is 11.6 Å². The van der Waals surface area contributed by atoms with Gasteiger partial charge < -0.3 is 20.7 Å². The molecule has 24 heavy (non-hydrogen) atoms. The SMILES string of the molecule is CC(NC(N)=NCC1(N(C)C)CCOCC1)c1ccc(Cl)cc1Cl. The van der Waals surface area contributed by atoms with E-state index in [9.17, 15) is 0 Å². The van der Waals surface area contributed by atoms with Crippen LogP contribution in [0.4, 0.5) is 0 Å². The second-order valence-electron chi connectivity index (χ2n) is 6.46. The number of likely N-dealkylation sites (N-methyl/N-ethyl adjacent to an activating group) is 1. The lowest BCUT2D eigenvalue weighted by Crippen LogP contribution is -2.51. The molecular formula is C17H26Cl2N4O. The molecule has 1 aliphatic rings. The predicted octanol–water partition coefficient (Wildman–Crippen LogP) is 3.07. The van der Waals surface area contributed by atoms with Crippen LogP contribution in [0.1, 0.15) is 31.4 Å². The van der Waals surface area contributed by atoms with Crippen molar-refractivity contribution in [1.29, 1.82) is 0 Å². The molecule has 1 unspecified atom stereocenters. The van der Waals surface area contributed by atoms with E-state index in [1.165, 1.54) is 0 Å². The first-order valence-corrected chi connectivity index (χ1v) is 8.86. The number of aliphatic imine (C=N–C) groups is 1. The molecule has 0 bridgehead atoms. The minimum Gasteiger partial charge on any atom is -0.381 e. The highest BCUT2D eigenvalue weighted by molar-refractivity contribution is 6.35. The van der Waals surface area contributed by atoms with Crippen LogP contribution in [0.2, 0.25) is 10.0 Å². The first-order chi connectivity index (χ1) is 11.3. The molecule has 1 atom stereocenters. The molecule has 0 aliphatic carbocycles. The van der Waals surface area contributed by atoms with Crippen LogP contribution in [0.3, 0.4) is 0 Å². The summed E-state index contributed by atoms with van der Waals surface area (Å²) >= 11 is 12.2. The van der Waals surface area contributed by atoms with Crippen molar-refractivity contribution in [2.45, 2.75) is 31.3 Å². The Morgan fingerprint density at radius 2 is 2.04 bits per heavy atom. The van der Waals surface area contributed by atoms with Crippen molar-refractivity contribution in [1.82, 2.24) is 10.2 Å². The lowest BCUT2D eigenvalue weighted by Gasteiger charge is -2.41. The van der Waals surface area contributed by atoms with Gasteiger partial charge in [0.2, 0.25) is 0 Å². The third kappa shape index (κ3) is 4.76. The molecule has 1 aromatic rings. The molecule has 134 valence electrons. The summed E-state index contributed by atoms with van der Waals surface area (Å²) in [5, 5.41) is 4.43. The smallest absolute Gasteiger partial charge is 0.189 e. The van der Waals surface area contributed by atoms with E-state index in [1.54, 1.807) is 6.07 Å². The monoisotopic (exact) mass is 372 g/mol. The molecule has 1 saturated heterocycles. The summed E-state index contributed by atoms with van der Waals surface area (Å²) in [5.41, 5.74) is 7.03. The van der Waals surface area contributed by atoms with Crippen molar-refractivity contribution in [3.63, 3.8) is 0 Å². The highest BCUT2D eigenvalue weighted by Gasteiger charge is 2.34. The van der Waals surface area contributed by atoms with E-state index in [0.717, 1.165) is 31.6 Å². The Morgan fingerprint density at radius 3 is 2.62 bits per heavy atom. The Kier molecular flexibility index (Phi) is 6.75. The summed E-state index contributed by atoms with van der Waals surface area (Å²) in [4.78, 5) is 6.80. The van der Waals surface area contributed by atoms with Crippen molar-refractivity contribution >= 4 is 29.2 Å². The molecule has 0 spiro atoms. The quantitative estimate of drug-likeness (QED) is 0.615. The van der Waals surface area contributed by atoms with Crippen molar-refractivity contribution < 1.29 is 4.74 Å². The van der Waals surface area contributed by atoms with Crippen molar-refractivity contribution in [2.75, 3.05) is 33.9 Å². The van der Waals surface area contributed by atoms with Gasteiger partial charge in [-0.1, -0.05) is 29.3 Å². The molecule has 5 nitrogen and oxygen atoms in total. The molecule has 3 N–H and O–H groups in total. The van der Waals surface area contributed by atoms with Crippen molar-refractivity contribution in [3.8, 4) is 0 Å². The number of hydrogen-bond donors (Lipinski definition) is 2. The number of benzene rings is 1. The van der Waals surface area contributed by atoms with Gasteiger partial charge in [0, 0.05) is 28.8 Å². The summed E-state index contributed by atoms with van der Waals surface area (Å²) in [6, 6.07) is 5.39. The highest BCUT2D eigenvalue weighted by Crippen LogP contribution is 2.27. The summed E-state index contributed by atoms with van der Waals surface area (Å²) in [5.74, 6) is 0.418. The summed E-state index contributed by atoms with van der Waals surface area (Å²) < 4.78 is 5.48. The fourth-order valence-corrected chi connectivity index (χ4v) is 3.50. The number of ether oxygens (including phenoxy) is 1. The fourth-order valence-electron chi connectivity index (χ4n) is 2.93. The van der Waals surface area contributed by atoms with Gasteiger partial charge in [-0.25, -0.2) is 0 Å². The minimum absolute atomic E-state index is 0.00566. The second-order valence-corrected chi connectivity index (χ2v) is 7.31.